The minimum atomic E-state index is -0.225. The molecule has 0 spiro atoms. The van der Waals surface area contributed by atoms with Crippen LogP contribution in [0.25, 0.3) is 21.8 Å². The number of rotatable bonds is 2. The van der Waals surface area contributed by atoms with E-state index in [1.807, 2.05) is 23.7 Å². The fourth-order valence-corrected chi connectivity index (χ4v) is 2.72. The first-order valence-corrected chi connectivity index (χ1v) is 6.45. The van der Waals surface area contributed by atoms with E-state index in [2.05, 4.69) is 0 Å². The molecule has 21 heavy (non-hydrogen) atoms. The Labute approximate surface area is 121 Å². The summed E-state index contributed by atoms with van der Waals surface area (Å²) in [5.41, 5.74) is 1.05. The van der Waals surface area contributed by atoms with E-state index in [0.29, 0.717) is 22.4 Å². The lowest BCUT2D eigenvalue weighted by Gasteiger charge is -2.16. The minimum absolute atomic E-state index is 0.117. The smallest absolute Gasteiger partial charge is 0.201 e. The first-order chi connectivity index (χ1) is 10.1. The fraction of sp³-hybridized carbons (Fsp3) is 0.188. The molecule has 5 nitrogen and oxygen atoms in total. The topological polar surface area (TPSA) is 60.7 Å². The standard InChI is InChI=1S/C16H15NO4/c1-17-10-7-5-4-6-9(10)15(19)13-11(18)8-12(20-2)16(21-3)14(13)17/h4-8,18H,1-3H3. The highest BCUT2D eigenvalue weighted by Gasteiger charge is 2.20. The molecule has 2 aromatic carbocycles. The van der Waals surface area contributed by atoms with Crippen LogP contribution in [0.2, 0.25) is 0 Å². The molecular weight excluding hydrogens is 270 g/mol. The molecule has 1 heterocycles. The third kappa shape index (κ3) is 1.74. The van der Waals surface area contributed by atoms with E-state index < -0.39 is 0 Å². The summed E-state index contributed by atoms with van der Waals surface area (Å²) < 4.78 is 12.5. The quantitative estimate of drug-likeness (QED) is 0.735. The highest BCUT2D eigenvalue weighted by atomic mass is 16.5. The maximum atomic E-state index is 12.7. The van der Waals surface area contributed by atoms with Crippen LogP contribution in [-0.2, 0) is 7.05 Å². The molecule has 0 bridgehead atoms. The number of fused-ring (bicyclic) bond motifs is 2. The van der Waals surface area contributed by atoms with Crippen molar-refractivity contribution in [2.24, 2.45) is 7.05 Å². The monoisotopic (exact) mass is 285 g/mol. The Morgan fingerprint density at radius 3 is 2.52 bits per heavy atom. The van der Waals surface area contributed by atoms with Crippen molar-refractivity contribution in [3.63, 3.8) is 0 Å². The number of methoxy groups -OCH3 is 2. The van der Waals surface area contributed by atoms with Gasteiger partial charge in [-0.15, -0.1) is 0 Å². The summed E-state index contributed by atoms with van der Waals surface area (Å²) in [4.78, 5) is 12.7. The molecule has 3 aromatic rings. The summed E-state index contributed by atoms with van der Waals surface area (Å²) in [5.74, 6) is 0.692. The van der Waals surface area contributed by atoms with Gasteiger partial charge in [0.2, 0.25) is 5.43 Å². The largest absolute Gasteiger partial charge is 0.507 e. The number of phenols is 1. The lowest BCUT2D eigenvalue weighted by atomic mass is 10.1. The maximum absolute atomic E-state index is 12.7. The van der Waals surface area contributed by atoms with Gasteiger partial charge in [0.25, 0.3) is 0 Å². The van der Waals surface area contributed by atoms with Crippen LogP contribution in [0.15, 0.2) is 35.1 Å². The van der Waals surface area contributed by atoms with Gasteiger partial charge >= 0.3 is 0 Å². The Hall–Kier alpha value is -2.69. The zero-order valence-electron chi connectivity index (χ0n) is 12.0. The van der Waals surface area contributed by atoms with Crippen molar-refractivity contribution in [1.29, 1.82) is 0 Å². The molecule has 0 radical (unpaired) electrons. The average Bonchev–Trinajstić information content (AvgIpc) is 2.51. The first-order valence-electron chi connectivity index (χ1n) is 6.45. The molecule has 1 aromatic heterocycles. The van der Waals surface area contributed by atoms with Crippen molar-refractivity contribution >= 4 is 21.8 Å². The molecule has 0 aliphatic rings. The lowest BCUT2D eigenvalue weighted by molar-refractivity contribution is 0.354. The normalized spacial score (nSPS) is 11.0. The van der Waals surface area contributed by atoms with Crippen molar-refractivity contribution in [3.05, 3.63) is 40.6 Å². The summed E-state index contributed by atoms with van der Waals surface area (Å²) in [5, 5.41) is 11.0. The number of hydrogen-bond acceptors (Lipinski definition) is 4. The Morgan fingerprint density at radius 2 is 1.86 bits per heavy atom. The summed E-state index contributed by atoms with van der Waals surface area (Å²) in [7, 11) is 4.82. The number of ether oxygens (including phenoxy) is 2. The van der Waals surface area contributed by atoms with E-state index in [0.717, 1.165) is 5.52 Å². The molecule has 0 aliphatic heterocycles. The molecule has 0 unspecified atom stereocenters. The number of phenolic OH excluding ortho intramolecular Hbond substituents is 1. The number of aryl methyl sites for hydroxylation is 1. The molecule has 0 fully saturated rings. The molecule has 3 rings (SSSR count). The van der Waals surface area contributed by atoms with Crippen LogP contribution in [0.3, 0.4) is 0 Å². The van der Waals surface area contributed by atoms with Crippen molar-refractivity contribution in [2.75, 3.05) is 14.2 Å². The number of benzene rings is 2. The van der Waals surface area contributed by atoms with Crippen molar-refractivity contribution in [2.45, 2.75) is 0 Å². The molecular formula is C16H15NO4. The zero-order valence-corrected chi connectivity index (χ0v) is 12.0. The number of aromatic hydroxyl groups is 1. The second-order valence-corrected chi connectivity index (χ2v) is 4.76. The van der Waals surface area contributed by atoms with Crippen molar-refractivity contribution in [3.8, 4) is 17.2 Å². The average molecular weight is 285 g/mol. The molecule has 0 saturated carbocycles. The number of aromatic nitrogens is 1. The van der Waals surface area contributed by atoms with Crippen LogP contribution < -0.4 is 14.9 Å². The highest BCUT2D eigenvalue weighted by Crippen LogP contribution is 2.40. The SMILES string of the molecule is COc1cc(O)c2c(=O)c3ccccc3n(C)c2c1OC. The van der Waals surface area contributed by atoms with Crippen LogP contribution in [0.4, 0.5) is 0 Å². The van der Waals surface area contributed by atoms with Gasteiger partial charge in [0.1, 0.15) is 11.3 Å². The van der Waals surface area contributed by atoms with Crippen LogP contribution in [0.5, 0.6) is 17.2 Å². The molecule has 0 saturated heterocycles. The first kappa shape index (κ1) is 13.3. The second kappa shape index (κ2) is 4.70. The van der Waals surface area contributed by atoms with Crippen LogP contribution in [0.1, 0.15) is 0 Å². The number of pyridine rings is 1. The Balaban J connectivity index is 2.69. The van der Waals surface area contributed by atoms with Gasteiger partial charge in [0.15, 0.2) is 11.5 Å². The third-order valence-electron chi connectivity index (χ3n) is 3.70. The summed E-state index contributed by atoms with van der Waals surface area (Å²) in [6.07, 6.45) is 0. The van der Waals surface area contributed by atoms with Crippen LogP contribution in [-0.4, -0.2) is 23.9 Å². The molecule has 5 heteroatoms. The molecule has 1 N–H and O–H groups in total. The minimum Gasteiger partial charge on any atom is -0.507 e. The number of hydrogen-bond donors (Lipinski definition) is 1. The van der Waals surface area contributed by atoms with Gasteiger partial charge in [-0.05, 0) is 12.1 Å². The predicted octanol–water partition coefficient (Wildman–Crippen LogP) is 2.41. The molecule has 0 amide bonds. The Kier molecular flexibility index (Phi) is 2.97. The Bertz CT molecular complexity index is 912. The number of para-hydroxylation sites is 1. The van der Waals surface area contributed by atoms with Gasteiger partial charge in [-0.2, -0.15) is 0 Å². The van der Waals surface area contributed by atoms with Gasteiger partial charge in [-0.3, -0.25) is 4.79 Å². The zero-order chi connectivity index (χ0) is 15.1. The number of nitrogens with zero attached hydrogens (tertiary/aromatic N) is 1. The fourth-order valence-electron chi connectivity index (χ4n) is 2.72. The van der Waals surface area contributed by atoms with E-state index in [9.17, 15) is 9.90 Å². The van der Waals surface area contributed by atoms with E-state index in [-0.39, 0.29) is 16.6 Å². The maximum Gasteiger partial charge on any atom is 0.201 e. The van der Waals surface area contributed by atoms with E-state index in [4.69, 9.17) is 9.47 Å². The summed E-state index contributed by atoms with van der Waals surface area (Å²) in [6, 6.07) is 8.66. The van der Waals surface area contributed by atoms with Crippen LogP contribution in [0, 0.1) is 0 Å². The third-order valence-corrected chi connectivity index (χ3v) is 3.70. The molecule has 0 atom stereocenters. The van der Waals surface area contributed by atoms with Gasteiger partial charge < -0.3 is 19.1 Å². The summed E-state index contributed by atoms with van der Waals surface area (Å²) in [6.45, 7) is 0. The highest BCUT2D eigenvalue weighted by molar-refractivity contribution is 6.00. The van der Waals surface area contributed by atoms with E-state index in [1.54, 1.807) is 12.1 Å². The lowest BCUT2D eigenvalue weighted by Crippen LogP contribution is -2.10. The Morgan fingerprint density at radius 1 is 1.14 bits per heavy atom. The van der Waals surface area contributed by atoms with E-state index in [1.165, 1.54) is 20.3 Å². The van der Waals surface area contributed by atoms with Gasteiger partial charge in [0.05, 0.1) is 25.1 Å². The van der Waals surface area contributed by atoms with Crippen molar-refractivity contribution in [1.82, 2.24) is 4.57 Å². The molecule has 108 valence electrons. The van der Waals surface area contributed by atoms with Crippen LogP contribution >= 0.6 is 0 Å². The second-order valence-electron chi connectivity index (χ2n) is 4.76. The summed E-state index contributed by atoms with van der Waals surface area (Å²) >= 11 is 0. The van der Waals surface area contributed by atoms with Crippen molar-refractivity contribution < 1.29 is 14.6 Å². The van der Waals surface area contributed by atoms with Gasteiger partial charge in [-0.25, -0.2) is 0 Å². The van der Waals surface area contributed by atoms with Gasteiger partial charge in [-0.1, -0.05) is 12.1 Å². The predicted molar refractivity (Wildman–Crippen MR) is 81.5 cm³/mol. The van der Waals surface area contributed by atoms with E-state index >= 15 is 0 Å². The van der Waals surface area contributed by atoms with Gasteiger partial charge in [0, 0.05) is 18.5 Å². The molecule has 0 aliphatic carbocycles.